The van der Waals surface area contributed by atoms with Gasteiger partial charge in [0.15, 0.2) is 0 Å². The Balaban J connectivity index is 1.71. The Bertz CT molecular complexity index is 235. The molecule has 2 aliphatic rings. The fraction of sp³-hybridized carbons (Fsp3) is 0.917. The highest BCUT2D eigenvalue weighted by Crippen LogP contribution is 2.26. The van der Waals surface area contributed by atoms with Crippen molar-refractivity contribution in [1.82, 2.24) is 10.2 Å². The highest BCUT2D eigenvalue weighted by atomic mass is 16.5. The SMILES string of the molecule is CCCN(C(=O)NCC1CCCO1)C1CC1. The van der Waals surface area contributed by atoms with Gasteiger partial charge in [-0.15, -0.1) is 0 Å². The van der Waals surface area contributed by atoms with Gasteiger partial charge in [0, 0.05) is 25.7 Å². The fourth-order valence-corrected chi connectivity index (χ4v) is 2.19. The number of nitrogens with zero attached hydrogens (tertiary/aromatic N) is 1. The molecule has 4 nitrogen and oxygen atoms in total. The van der Waals surface area contributed by atoms with Crippen LogP contribution in [0.3, 0.4) is 0 Å². The van der Waals surface area contributed by atoms with E-state index in [0.29, 0.717) is 12.6 Å². The summed E-state index contributed by atoms with van der Waals surface area (Å²) in [5.74, 6) is 0. The number of hydrogen-bond donors (Lipinski definition) is 1. The molecule has 1 saturated heterocycles. The number of nitrogens with one attached hydrogen (secondary N) is 1. The monoisotopic (exact) mass is 226 g/mol. The van der Waals surface area contributed by atoms with Gasteiger partial charge in [-0.25, -0.2) is 4.79 Å². The van der Waals surface area contributed by atoms with Gasteiger partial charge >= 0.3 is 6.03 Å². The third-order valence-electron chi connectivity index (χ3n) is 3.22. The molecule has 1 aliphatic heterocycles. The zero-order valence-corrected chi connectivity index (χ0v) is 10.1. The Morgan fingerprint density at radius 3 is 2.81 bits per heavy atom. The normalized spacial score (nSPS) is 24.4. The quantitative estimate of drug-likeness (QED) is 0.776. The third kappa shape index (κ3) is 3.11. The minimum absolute atomic E-state index is 0.0971. The van der Waals surface area contributed by atoms with Crippen LogP contribution in [0.15, 0.2) is 0 Å². The first-order chi connectivity index (χ1) is 7.81. The van der Waals surface area contributed by atoms with Gasteiger partial charge in [0.05, 0.1) is 6.10 Å². The van der Waals surface area contributed by atoms with Crippen LogP contribution in [-0.2, 0) is 4.74 Å². The van der Waals surface area contributed by atoms with Gasteiger partial charge in [-0.05, 0) is 32.1 Å². The van der Waals surface area contributed by atoms with Gasteiger partial charge in [-0.1, -0.05) is 6.92 Å². The van der Waals surface area contributed by atoms with Crippen molar-refractivity contribution in [3.63, 3.8) is 0 Å². The van der Waals surface area contributed by atoms with Crippen molar-refractivity contribution < 1.29 is 9.53 Å². The van der Waals surface area contributed by atoms with Crippen LogP contribution in [0.2, 0.25) is 0 Å². The Morgan fingerprint density at radius 2 is 2.25 bits per heavy atom. The van der Waals surface area contributed by atoms with E-state index in [1.165, 1.54) is 12.8 Å². The minimum atomic E-state index is 0.0971. The lowest BCUT2D eigenvalue weighted by molar-refractivity contribution is 0.108. The van der Waals surface area contributed by atoms with E-state index in [-0.39, 0.29) is 12.1 Å². The number of carbonyl (C=O) groups excluding carboxylic acids is 1. The first-order valence-electron chi connectivity index (χ1n) is 6.47. The molecule has 16 heavy (non-hydrogen) atoms. The molecule has 0 radical (unpaired) electrons. The van der Waals surface area contributed by atoms with E-state index < -0.39 is 0 Å². The maximum Gasteiger partial charge on any atom is 0.317 e. The van der Waals surface area contributed by atoms with Crippen LogP contribution >= 0.6 is 0 Å². The lowest BCUT2D eigenvalue weighted by atomic mass is 10.2. The number of ether oxygens (including phenoxy) is 1. The van der Waals surface area contributed by atoms with Crippen molar-refractivity contribution in [2.24, 2.45) is 0 Å². The summed E-state index contributed by atoms with van der Waals surface area (Å²) in [4.78, 5) is 13.9. The Kier molecular flexibility index (Phi) is 4.04. The lowest BCUT2D eigenvalue weighted by Gasteiger charge is -2.23. The molecule has 2 amide bonds. The molecule has 92 valence electrons. The summed E-state index contributed by atoms with van der Waals surface area (Å²) in [7, 11) is 0. The zero-order chi connectivity index (χ0) is 11.4. The number of amides is 2. The molecule has 2 rings (SSSR count). The van der Waals surface area contributed by atoms with Crippen LogP contribution in [0.1, 0.15) is 39.0 Å². The van der Waals surface area contributed by atoms with Crippen LogP contribution < -0.4 is 5.32 Å². The van der Waals surface area contributed by atoms with Gasteiger partial charge in [0.2, 0.25) is 0 Å². The van der Waals surface area contributed by atoms with Gasteiger partial charge in [0.25, 0.3) is 0 Å². The van der Waals surface area contributed by atoms with Crippen molar-refractivity contribution >= 4 is 6.03 Å². The largest absolute Gasteiger partial charge is 0.376 e. The first kappa shape index (κ1) is 11.7. The van der Waals surface area contributed by atoms with Crippen LogP contribution in [0, 0.1) is 0 Å². The predicted molar refractivity (Wildman–Crippen MR) is 62.4 cm³/mol. The van der Waals surface area contributed by atoms with Crippen LogP contribution in [0.4, 0.5) is 4.79 Å². The second-order valence-electron chi connectivity index (χ2n) is 4.75. The second kappa shape index (κ2) is 5.53. The van der Waals surface area contributed by atoms with Crippen molar-refractivity contribution in [2.45, 2.75) is 51.2 Å². The van der Waals surface area contributed by atoms with Gasteiger partial charge < -0.3 is 15.0 Å². The van der Waals surface area contributed by atoms with E-state index in [4.69, 9.17) is 4.74 Å². The van der Waals surface area contributed by atoms with Crippen molar-refractivity contribution in [2.75, 3.05) is 19.7 Å². The molecule has 2 fully saturated rings. The smallest absolute Gasteiger partial charge is 0.317 e. The van der Waals surface area contributed by atoms with E-state index in [0.717, 1.165) is 32.4 Å². The zero-order valence-electron chi connectivity index (χ0n) is 10.1. The average molecular weight is 226 g/mol. The standard InChI is InChI=1S/C12H22N2O2/c1-2-7-14(10-5-6-10)12(15)13-9-11-4-3-8-16-11/h10-11H,2-9H2,1H3,(H,13,15). The van der Waals surface area contributed by atoms with Crippen molar-refractivity contribution in [3.05, 3.63) is 0 Å². The van der Waals surface area contributed by atoms with Gasteiger partial charge in [0.1, 0.15) is 0 Å². The maximum absolute atomic E-state index is 11.9. The first-order valence-corrected chi connectivity index (χ1v) is 6.47. The Morgan fingerprint density at radius 1 is 1.44 bits per heavy atom. The lowest BCUT2D eigenvalue weighted by Crippen LogP contribution is -2.44. The summed E-state index contributed by atoms with van der Waals surface area (Å²) in [6.45, 7) is 4.51. The highest BCUT2D eigenvalue weighted by Gasteiger charge is 2.32. The summed E-state index contributed by atoms with van der Waals surface area (Å²) >= 11 is 0. The molecule has 0 aromatic heterocycles. The summed E-state index contributed by atoms with van der Waals surface area (Å²) in [5, 5.41) is 2.99. The molecular weight excluding hydrogens is 204 g/mol. The molecule has 1 unspecified atom stereocenters. The summed E-state index contributed by atoms with van der Waals surface area (Å²) < 4.78 is 5.49. The molecule has 1 aliphatic carbocycles. The molecular formula is C12H22N2O2. The number of urea groups is 1. The molecule has 4 heteroatoms. The summed E-state index contributed by atoms with van der Waals surface area (Å²) in [6, 6.07) is 0.601. The maximum atomic E-state index is 11.9. The second-order valence-corrected chi connectivity index (χ2v) is 4.75. The summed E-state index contributed by atoms with van der Waals surface area (Å²) in [6.07, 6.45) is 5.83. The van der Waals surface area contributed by atoms with Crippen molar-refractivity contribution in [3.8, 4) is 0 Å². The number of rotatable bonds is 5. The third-order valence-corrected chi connectivity index (χ3v) is 3.22. The predicted octanol–water partition coefficient (Wildman–Crippen LogP) is 1.75. The summed E-state index contributed by atoms with van der Waals surface area (Å²) in [5.41, 5.74) is 0. The molecule has 0 bridgehead atoms. The van der Waals surface area contributed by atoms with E-state index in [1.54, 1.807) is 0 Å². The van der Waals surface area contributed by atoms with Crippen LogP contribution in [-0.4, -0.2) is 42.8 Å². The van der Waals surface area contributed by atoms with E-state index in [1.807, 2.05) is 4.90 Å². The fourth-order valence-electron chi connectivity index (χ4n) is 2.19. The minimum Gasteiger partial charge on any atom is -0.376 e. The Labute approximate surface area is 97.3 Å². The van der Waals surface area contributed by atoms with Crippen molar-refractivity contribution in [1.29, 1.82) is 0 Å². The number of carbonyl (C=O) groups is 1. The number of hydrogen-bond acceptors (Lipinski definition) is 2. The van der Waals surface area contributed by atoms with Crippen LogP contribution in [0.25, 0.3) is 0 Å². The van der Waals surface area contributed by atoms with Gasteiger partial charge in [-0.2, -0.15) is 0 Å². The van der Waals surface area contributed by atoms with E-state index in [2.05, 4.69) is 12.2 Å². The molecule has 1 N–H and O–H groups in total. The molecule has 1 saturated carbocycles. The molecule has 1 atom stereocenters. The Hall–Kier alpha value is -0.770. The molecule has 0 aromatic rings. The molecule has 1 heterocycles. The highest BCUT2D eigenvalue weighted by molar-refractivity contribution is 5.74. The van der Waals surface area contributed by atoms with E-state index >= 15 is 0 Å². The molecule has 0 spiro atoms. The molecule has 0 aromatic carbocycles. The van der Waals surface area contributed by atoms with E-state index in [9.17, 15) is 4.79 Å². The average Bonchev–Trinajstić information content (AvgIpc) is 2.99. The van der Waals surface area contributed by atoms with Gasteiger partial charge in [-0.3, -0.25) is 0 Å². The topological polar surface area (TPSA) is 41.6 Å². The van der Waals surface area contributed by atoms with Crippen LogP contribution in [0.5, 0.6) is 0 Å².